The van der Waals surface area contributed by atoms with Crippen molar-refractivity contribution in [3.63, 3.8) is 0 Å². The van der Waals surface area contributed by atoms with Crippen molar-refractivity contribution in [1.82, 2.24) is 15.6 Å². The van der Waals surface area contributed by atoms with E-state index in [1.807, 2.05) is 6.07 Å². The molecular formula is C19H23N3O4S2. The Kier molecular flexibility index (Phi) is 6.82. The zero-order chi connectivity index (χ0) is 20.0. The second kappa shape index (κ2) is 9.31. The molecule has 0 aliphatic heterocycles. The Labute approximate surface area is 168 Å². The van der Waals surface area contributed by atoms with E-state index in [-0.39, 0.29) is 23.8 Å². The number of rotatable bonds is 6. The van der Waals surface area contributed by atoms with Crippen LogP contribution in [0.25, 0.3) is 0 Å². The van der Waals surface area contributed by atoms with Gasteiger partial charge in [0.1, 0.15) is 0 Å². The van der Waals surface area contributed by atoms with Crippen molar-refractivity contribution in [2.24, 2.45) is 0 Å². The maximum absolute atomic E-state index is 12.2. The van der Waals surface area contributed by atoms with Gasteiger partial charge in [-0.3, -0.25) is 20.4 Å². The van der Waals surface area contributed by atoms with Crippen LogP contribution in [-0.4, -0.2) is 26.8 Å². The molecule has 0 bridgehead atoms. The third kappa shape index (κ3) is 5.40. The summed E-state index contributed by atoms with van der Waals surface area (Å²) in [6.45, 7) is -0.0633. The Balaban J connectivity index is 1.44. The fraction of sp³-hybridized carbons (Fsp3) is 0.368. The molecule has 0 atom stereocenters. The fourth-order valence-electron chi connectivity index (χ4n) is 3.01. The van der Waals surface area contributed by atoms with Gasteiger partial charge in [0.05, 0.1) is 9.77 Å². The summed E-state index contributed by atoms with van der Waals surface area (Å²) in [5.41, 5.74) is 5.96. The third-order valence-electron chi connectivity index (χ3n) is 4.48. The van der Waals surface area contributed by atoms with Crippen molar-refractivity contribution in [1.29, 1.82) is 0 Å². The second-order valence-corrected chi connectivity index (χ2v) is 9.49. The van der Waals surface area contributed by atoms with E-state index in [4.69, 9.17) is 0 Å². The molecule has 3 rings (SSSR count). The van der Waals surface area contributed by atoms with Crippen LogP contribution < -0.4 is 15.6 Å². The topological polar surface area (TPSA) is 104 Å². The first-order valence-corrected chi connectivity index (χ1v) is 11.5. The highest BCUT2D eigenvalue weighted by Crippen LogP contribution is 2.28. The van der Waals surface area contributed by atoms with Gasteiger partial charge in [-0.15, -0.1) is 11.3 Å². The molecule has 0 radical (unpaired) electrons. The maximum atomic E-state index is 12.2. The molecule has 1 aromatic heterocycles. The Morgan fingerprint density at radius 3 is 2.54 bits per heavy atom. The number of carbonyl (C=O) groups excluding carboxylic acids is 2. The molecule has 2 amide bonds. The molecule has 0 spiro atoms. The van der Waals surface area contributed by atoms with Gasteiger partial charge in [0.15, 0.2) is 0 Å². The van der Waals surface area contributed by atoms with Gasteiger partial charge >= 0.3 is 0 Å². The second-order valence-electron chi connectivity index (χ2n) is 6.58. The quantitative estimate of drug-likeness (QED) is 0.491. The molecule has 1 aromatic carbocycles. The van der Waals surface area contributed by atoms with E-state index in [1.165, 1.54) is 40.3 Å². The maximum Gasteiger partial charge on any atom is 0.279 e. The van der Waals surface area contributed by atoms with Crippen molar-refractivity contribution in [3.05, 3.63) is 51.7 Å². The summed E-state index contributed by atoms with van der Waals surface area (Å²) in [6.07, 6.45) is 5.40. The van der Waals surface area contributed by atoms with Crippen LogP contribution in [0.5, 0.6) is 0 Å². The van der Waals surface area contributed by atoms with Crippen LogP contribution in [0.4, 0.5) is 0 Å². The van der Waals surface area contributed by atoms with E-state index >= 15 is 0 Å². The van der Waals surface area contributed by atoms with Crippen molar-refractivity contribution in [2.45, 2.75) is 43.4 Å². The number of aryl methyl sites for hydroxylation is 2. The lowest BCUT2D eigenvalue weighted by Gasteiger charge is -2.08. The van der Waals surface area contributed by atoms with E-state index in [9.17, 15) is 18.0 Å². The zero-order valence-corrected chi connectivity index (χ0v) is 17.0. The Bertz CT molecular complexity index is 916. The van der Waals surface area contributed by atoms with E-state index in [0.717, 1.165) is 25.7 Å². The third-order valence-corrected chi connectivity index (χ3v) is 7.20. The number of hydrazine groups is 1. The number of fused-ring (bicyclic) bond motifs is 1. The number of nitrogens with one attached hydrogen (secondary N) is 3. The molecule has 28 heavy (non-hydrogen) atoms. The van der Waals surface area contributed by atoms with Crippen molar-refractivity contribution < 1.29 is 18.0 Å². The lowest BCUT2D eigenvalue weighted by molar-refractivity contribution is -0.121. The Morgan fingerprint density at radius 1 is 1.00 bits per heavy atom. The number of sulfonamides is 1. The molecule has 3 N–H and O–H groups in total. The number of benzene rings is 1. The molecule has 1 aliphatic rings. The normalized spacial score (nSPS) is 14.0. The van der Waals surface area contributed by atoms with Gasteiger partial charge in [-0.25, -0.2) is 13.1 Å². The van der Waals surface area contributed by atoms with Crippen molar-refractivity contribution >= 4 is 33.2 Å². The minimum absolute atomic E-state index is 0.0633. The predicted molar refractivity (Wildman–Crippen MR) is 107 cm³/mol. The first-order valence-electron chi connectivity index (χ1n) is 9.21. The monoisotopic (exact) mass is 421 g/mol. The van der Waals surface area contributed by atoms with Crippen LogP contribution in [0.3, 0.4) is 0 Å². The van der Waals surface area contributed by atoms with Crippen LogP contribution in [0.15, 0.2) is 41.3 Å². The Hall–Kier alpha value is -2.23. The average molecular weight is 422 g/mol. The summed E-state index contributed by atoms with van der Waals surface area (Å²) in [6, 6.07) is 9.83. The Morgan fingerprint density at radius 2 is 1.75 bits per heavy atom. The first-order chi connectivity index (χ1) is 13.5. The summed E-state index contributed by atoms with van der Waals surface area (Å²) >= 11 is 1.47. The molecule has 1 heterocycles. The van der Waals surface area contributed by atoms with Crippen LogP contribution in [0, 0.1) is 0 Å². The number of carbonyl (C=O) groups is 2. The minimum atomic E-state index is -3.65. The summed E-state index contributed by atoms with van der Waals surface area (Å²) in [5, 5.41) is 0. The molecule has 0 fully saturated rings. The van der Waals surface area contributed by atoms with E-state index in [2.05, 4.69) is 15.6 Å². The number of hydrogen-bond donors (Lipinski definition) is 3. The van der Waals surface area contributed by atoms with Crippen LogP contribution in [0.1, 0.15) is 45.8 Å². The van der Waals surface area contributed by atoms with Gasteiger partial charge in [0.2, 0.25) is 15.9 Å². The van der Waals surface area contributed by atoms with Gasteiger partial charge in [-0.2, -0.15) is 0 Å². The number of thiophene rings is 1. The smallest absolute Gasteiger partial charge is 0.273 e. The van der Waals surface area contributed by atoms with E-state index < -0.39 is 15.9 Å². The summed E-state index contributed by atoms with van der Waals surface area (Å²) < 4.78 is 26.5. The molecule has 9 heteroatoms. The summed E-state index contributed by atoms with van der Waals surface area (Å²) in [7, 11) is -3.65. The van der Waals surface area contributed by atoms with E-state index in [0.29, 0.717) is 4.88 Å². The fourth-order valence-corrected chi connectivity index (χ4v) is 5.21. The molecule has 0 saturated heterocycles. The SMILES string of the molecule is O=C(CCNS(=O)(=O)c1ccccc1)NNC(=O)c1cc2c(s1)CCCCC2. The first kappa shape index (κ1) is 20.5. The van der Waals surface area contributed by atoms with Gasteiger partial charge < -0.3 is 0 Å². The van der Waals surface area contributed by atoms with Gasteiger partial charge in [0, 0.05) is 17.8 Å². The lowest BCUT2D eigenvalue weighted by Crippen LogP contribution is -2.42. The highest BCUT2D eigenvalue weighted by Gasteiger charge is 2.17. The molecule has 0 unspecified atom stereocenters. The molecular weight excluding hydrogens is 398 g/mol. The van der Waals surface area contributed by atoms with Gasteiger partial charge in [0.25, 0.3) is 5.91 Å². The molecule has 1 aliphatic carbocycles. The van der Waals surface area contributed by atoms with E-state index in [1.54, 1.807) is 18.2 Å². The minimum Gasteiger partial charge on any atom is -0.273 e. The zero-order valence-electron chi connectivity index (χ0n) is 15.4. The van der Waals surface area contributed by atoms with Crippen molar-refractivity contribution in [3.8, 4) is 0 Å². The van der Waals surface area contributed by atoms with Gasteiger partial charge in [-0.1, -0.05) is 24.6 Å². The molecule has 2 aromatic rings. The molecule has 150 valence electrons. The molecule has 7 nitrogen and oxygen atoms in total. The standard InChI is InChI=1S/C19H23N3O4S2/c23-18(11-12-20-28(25,26)15-8-4-2-5-9-15)21-22-19(24)17-13-14-7-3-1-6-10-16(14)27-17/h2,4-5,8-9,13,20H,1,3,6-7,10-12H2,(H,21,23)(H,22,24). The predicted octanol–water partition coefficient (Wildman–Crippen LogP) is 2.15. The number of hydrogen-bond acceptors (Lipinski definition) is 5. The number of amides is 2. The summed E-state index contributed by atoms with van der Waals surface area (Å²) in [4.78, 5) is 26.1. The van der Waals surface area contributed by atoms with Crippen LogP contribution >= 0.6 is 11.3 Å². The average Bonchev–Trinajstić information content (AvgIpc) is 2.97. The van der Waals surface area contributed by atoms with Crippen molar-refractivity contribution in [2.75, 3.05) is 6.54 Å². The molecule has 0 saturated carbocycles. The highest BCUT2D eigenvalue weighted by molar-refractivity contribution is 7.89. The van der Waals surface area contributed by atoms with Gasteiger partial charge in [-0.05, 0) is 49.4 Å². The summed E-state index contributed by atoms with van der Waals surface area (Å²) in [5.74, 6) is -0.821. The largest absolute Gasteiger partial charge is 0.279 e. The lowest BCUT2D eigenvalue weighted by atomic mass is 10.1. The van der Waals surface area contributed by atoms with Crippen LogP contribution in [0.2, 0.25) is 0 Å². The highest BCUT2D eigenvalue weighted by atomic mass is 32.2. The van der Waals surface area contributed by atoms with Crippen LogP contribution in [-0.2, 0) is 27.7 Å².